The number of hydrogen-bond donors (Lipinski definition) is 1. The van der Waals surface area contributed by atoms with Gasteiger partial charge in [-0.05, 0) is 6.07 Å². The van der Waals surface area contributed by atoms with Crippen molar-refractivity contribution < 1.29 is 13.5 Å². The molecule has 0 aromatic carbocycles. The maximum absolute atomic E-state index is 10.8. The quantitative estimate of drug-likeness (QED) is 0.565. The van der Waals surface area contributed by atoms with Gasteiger partial charge in [-0.3, -0.25) is 4.79 Å². The van der Waals surface area contributed by atoms with E-state index in [1.54, 1.807) is 13.0 Å². The van der Waals surface area contributed by atoms with Crippen molar-refractivity contribution >= 4 is 5.91 Å². The second-order valence-electron chi connectivity index (χ2n) is 2.29. The van der Waals surface area contributed by atoms with Gasteiger partial charge in [0.2, 0.25) is 0 Å². The molecule has 1 rings (SSSR count). The molecule has 0 radical (unpaired) electrons. The van der Waals surface area contributed by atoms with E-state index in [2.05, 4.69) is 0 Å². The summed E-state index contributed by atoms with van der Waals surface area (Å²) < 4.78 is 22.6. The van der Waals surface area contributed by atoms with Crippen LogP contribution in [0.3, 0.4) is 0 Å². The predicted molar refractivity (Wildman–Crippen MR) is 40.9 cm³/mol. The zero-order chi connectivity index (χ0) is 10.9. The molecule has 11 heavy (non-hydrogen) atoms. The number of rotatable bonds is 1. The zero-order valence-electron chi connectivity index (χ0n) is 9.16. The molecule has 0 aliphatic rings. The van der Waals surface area contributed by atoms with E-state index in [9.17, 15) is 4.79 Å². The zero-order valence-corrected chi connectivity index (χ0v) is 6.16. The van der Waals surface area contributed by atoms with Crippen LogP contribution in [0.25, 0.3) is 0 Å². The average molecular weight is 154 g/mol. The number of aryl methyl sites for hydroxylation is 2. The van der Waals surface area contributed by atoms with Crippen molar-refractivity contribution in [3.63, 3.8) is 0 Å². The highest BCUT2D eigenvalue weighted by Gasteiger charge is 2.06. The summed E-state index contributed by atoms with van der Waals surface area (Å²) in [4.78, 5) is 10.8. The lowest BCUT2D eigenvalue weighted by atomic mass is 10.2. The Balaban J connectivity index is 3.29. The SMILES string of the molecule is [2H]C([2H])([2H])[n+]1cc(C(N)=O)ccc1C. The monoisotopic (exact) mass is 154 g/mol. The molecule has 3 nitrogen and oxygen atoms in total. The second kappa shape index (κ2) is 2.70. The van der Waals surface area contributed by atoms with Gasteiger partial charge in [0.1, 0.15) is 16.7 Å². The second-order valence-corrected chi connectivity index (χ2v) is 2.29. The number of hydrogen-bond acceptors (Lipinski definition) is 1. The molecule has 58 valence electrons. The topological polar surface area (TPSA) is 47.0 Å². The van der Waals surface area contributed by atoms with Gasteiger partial charge in [-0.2, -0.15) is 0 Å². The third-order valence-corrected chi connectivity index (χ3v) is 1.44. The summed E-state index contributed by atoms with van der Waals surface area (Å²) in [5.74, 6) is -0.636. The lowest BCUT2D eigenvalue weighted by Crippen LogP contribution is -2.33. The largest absolute Gasteiger partial charge is 0.365 e. The van der Waals surface area contributed by atoms with Gasteiger partial charge in [0.15, 0.2) is 11.9 Å². The van der Waals surface area contributed by atoms with Crippen molar-refractivity contribution in [3.05, 3.63) is 29.6 Å². The Bertz CT molecular complexity index is 373. The number of primary amides is 1. The Morgan fingerprint density at radius 1 is 1.73 bits per heavy atom. The number of carbonyl (C=O) groups is 1. The molecule has 1 aromatic rings. The number of nitrogens with two attached hydrogens (primary N) is 1. The standard InChI is InChI=1S/C8H10N2O/c1-6-3-4-7(8(9)11)5-10(6)2/h3-5H,1-2H3,(H-,9,11)/p+1/i2D3. The Morgan fingerprint density at radius 3 is 3.00 bits per heavy atom. The van der Waals surface area contributed by atoms with Crippen LogP contribution >= 0.6 is 0 Å². The number of pyridine rings is 1. The van der Waals surface area contributed by atoms with E-state index in [0.717, 1.165) is 4.57 Å². The molecular weight excluding hydrogens is 140 g/mol. The number of amides is 1. The molecular formula is C8H11N2O+. The van der Waals surface area contributed by atoms with Crippen LogP contribution in [0.15, 0.2) is 18.3 Å². The number of aromatic nitrogens is 1. The van der Waals surface area contributed by atoms with Gasteiger partial charge in [0.25, 0.3) is 5.91 Å². The smallest absolute Gasteiger partial charge is 0.254 e. The maximum atomic E-state index is 10.8. The number of nitrogens with zero attached hydrogens (tertiary/aromatic N) is 1. The summed E-state index contributed by atoms with van der Waals surface area (Å²) >= 11 is 0. The van der Waals surface area contributed by atoms with Crippen molar-refractivity contribution in [1.82, 2.24) is 0 Å². The molecule has 0 atom stereocenters. The molecule has 0 bridgehead atoms. The minimum Gasteiger partial charge on any atom is -0.365 e. The predicted octanol–water partition coefficient (Wildman–Crippen LogP) is -0.0816. The van der Waals surface area contributed by atoms with E-state index in [0.29, 0.717) is 5.69 Å². The fourth-order valence-corrected chi connectivity index (χ4v) is 0.720. The summed E-state index contributed by atoms with van der Waals surface area (Å²) in [5.41, 5.74) is 5.78. The summed E-state index contributed by atoms with van der Waals surface area (Å²) in [7, 11) is 0. The number of carbonyl (C=O) groups excluding carboxylic acids is 1. The van der Waals surface area contributed by atoms with Crippen molar-refractivity contribution in [2.45, 2.75) is 6.92 Å². The van der Waals surface area contributed by atoms with E-state index in [-0.39, 0.29) is 5.56 Å². The third kappa shape index (κ3) is 1.55. The van der Waals surface area contributed by atoms with E-state index >= 15 is 0 Å². The van der Waals surface area contributed by atoms with E-state index in [4.69, 9.17) is 9.85 Å². The fourth-order valence-electron chi connectivity index (χ4n) is 0.720. The fraction of sp³-hybridized carbons (Fsp3) is 0.250. The first-order valence-corrected chi connectivity index (χ1v) is 3.15. The Morgan fingerprint density at radius 2 is 2.45 bits per heavy atom. The van der Waals surface area contributed by atoms with E-state index in [1.165, 1.54) is 12.3 Å². The van der Waals surface area contributed by atoms with Crippen molar-refractivity contribution in [1.29, 1.82) is 0 Å². The Labute approximate surface area is 69.7 Å². The maximum Gasteiger partial charge on any atom is 0.254 e. The molecule has 0 fully saturated rings. The van der Waals surface area contributed by atoms with Gasteiger partial charge < -0.3 is 5.73 Å². The molecule has 1 heterocycles. The molecule has 0 saturated heterocycles. The molecule has 0 spiro atoms. The minimum absolute atomic E-state index is 0.187. The molecule has 0 unspecified atom stereocenters. The summed E-state index contributed by atoms with van der Waals surface area (Å²) in [6.07, 6.45) is 1.24. The molecule has 0 saturated carbocycles. The molecule has 0 aliphatic heterocycles. The molecule has 2 N–H and O–H groups in total. The van der Waals surface area contributed by atoms with Crippen LogP contribution in [0.1, 0.15) is 20.2 Å². The van der Waals surface area contributed by atoms with Crippen LogP contribution in [0.4, 0.5) is 0 Å². The van der Waals surface area contributed by atoms with Crippen LogP contribution in [-0.4, -0.2) is 5.91 Å². The highest BCUT2D eigenvalue weighted by Crippen LogP contribution is 1.94. The Kier molecular flexibility index (Phi) is 1.10. The van der Waals surface area contributed by atoms with Gasteiger partial charge in [0, 0.05) is 13.0 Å². The Hall–Kier alpha value is -1.38. The molecule has 3 heteroatoms. The van der Waals surface area contributed by atoms with Crippen LogP contribution in [-0.2, 0) is 6.98 Å². The van der Waals surface area contributed by atoms with Crippen LogP contribution in [0.5, 0.6) is 0 Å². The summed E-state index contributed by atoms with van der Waals surface area (Å²) in [6.45, 7) is -0.632. The van der Waals surface area contributed by atoms with E-state index < -0.39 is 12.9 Å². The lowest BCUT2D eigenvalue weighted by molar-refractivity contribution is -0.677. The van der Waals surface area contributed by atoms with Crippen LogP contribution in [0, 0.1) is 6.92 Å². The minimum atomic E-state index is -2.28. The van der Waals surface area contributed by atoms with Gasteiger partial charge >= 0.3 is 0 Å². The molecule has 1 aromatic heterocycles. The van der Waals surface area contributed by atoms with E-state index in [1.807, 2.05) is 0 Å². The van der Waals surface area contributed by atoms with Crippen LogP contribution < -0.4 is 10.3 Å². The van der Waals surface area contributed by atoms with Crippen LogP contribution in [0.2, 0.25) is 0 Å². The van der Waals surface area contributed by atoms with Gasteiger partial charge in [-0.15, -0.1) is 0 Å². The van der Waals surface area contributed by atoms with Gasteiger partial charge in [0.05, 0.1) is 0 Å². The van der Waals surface area contributed by atoms with Gasteiger partial charge in [-0.25, -0.2) is 4.57 Å². The summed E-state index contributed by atoms with van der Waals surface area (Å²) in [5, 5.41) is 0. The van der Waals surface area contributed by atoms with Crippen molar-refractivity contribution in [2.24, 2.45) is 12.7 Å². The first-order valence-electron chi connectivity index (χ1n) is 4.65. The van der Waals surface area contributed by atoms with Crippen molar-refractivity contribution in [3.8, 4) is 0 Å². The average Bonchev–Trinajstić information content (AvgIpc) is 2.02. The normalized spacial score (nSPS) is 14.8. The highest BCUT2D eigenvalue weighted by atomic mass is 16.1. The van der Waals surface area contributed by atoms with Crippen molar-refractivity contribution in [2.75, 3.05) is 0 Å². The lowest BCUT2D eigenvalue weighted by Gasteiger charge is -1.94. The first-order chi connectivity index (χ1) is 6.32. The highest BCUT2D eigenvalue weighted by molar-refractivity contribution is 5.92. The first kappa shape index (κ1) is 4.49. The van der Waals surface area contributed by atoms with Gasteiger partial charge in [-0.1, -0.05) is 0 Å². The molecule has 1 amide bonds. The summed E-state index contributed by atoms with van der Waals surface area (Å²) in [6, 6.07) is 3.05. The molecule has 0 aliphatic carbocycles. The third-order valence-electron chi connectivity index (χ3n) is 1.44.